The maximum atomic E-state index is 2.65. The molecule has 0 spiro atoms. The fourth-order valence-corrected chi connectivity index (χ4v) is 66.1. The average Bonchev–Trinajstić information content (AvgIpc) is 1.56. The molecular formula is C7H24Si4. The molecule has 0 aromatic carbocycles. The highest BCUT2D eigenvalue weighted by molar-refractivity contribution is 7.64. The van der Waals surface area contributed by atoms with Gasteiger partial charge in [-0.3, -0.25) is 0 Å². The Morgan fingerprint density at radius 1 is 0.909 bits per heavy atom. The predicted octanol–water partition coefficient (Wildman–Crippen LogP) is 1.76. The highest BCUT2D eigenvalue weighted by Gasteiger charge is 2.28. The van der Waals surface area contributed by atoms with E-state index < -0.39 is 15.2 Å². The number of hydrogen-bond acceptors (Lipinski definition) is 0. The molecule has 0 aliphatic rings. The lowest BCUT2D eigenvalue weighted by molar-refractivity contribution is 1.83. The molecule has 0 N–H and O–H groups in total. The number of rotatable bonds is 3. The first-order valence-electron chi connectivity index (χ1n) is 4.63. The third-order valence-electron chi connectivity index (χ3n) is 2.40. The van der Waals surface area contributed by atoms with Crippen LogP contribution in [0.15, 0.2) is 0 Å². The zero-order chi connectivity index (χ0) is 9.28. The van der Waals surface area contributed by atoms with Crippen LogP contribution in [-0.2, 0) is 0 Å². The van der Waals surface area contributed by atoms with Crippen molar-refractivity contribution in [1.29, 1.82) is 0 Å². The smallest absolute Gasteiger partial charge is 0.0312 e. The Morgan fingerprint density at radius 3 is 1.36 bits per heavy atom. The summed E-state index contributed by atoms with van der Waals surface area (Å²) < 4.78 is 0. The highest BCUT2D eigenvalue weighted by Crippen LogP contribution is 2.09. The SMILES string of the molecule is C[SiH]([SiH2][Si](C)(C)C)[Si](C)(C)C. The lowest BCUT2D eigenvalue weighted by Gasteiger charge is -2.28. The van der Waals surface area contributed by atoms with Gasteiger partial charge in [-0.15, -0.1) is 0 Å². The standard InChI is InChI=1S/C7H24Si4/c1-9(11(5,6)7)8-10(2,3)4/h9H,8H2,1-7H3. The molecule has 0 aliphatic heterocycles. The molecule has 1 unspecified atom stereocenters. The van der Waals surface area contributed by atoms with Crippen LogP contribution in [0.5, 0.6) is 0 Å². The highest BCUT2D eigenvalue weighted by atomic mass is 29.8. The zero-order valence-electron chi connectivity index (χ0n) is 9.28. The summed E-state index contributed by atoms with van der Waals surface area (Å²) >= 11 is 0. The molecule has 0 aliphatic carbocycles. The van der Waals surface area contributed by atoms with E-state index in [4.69, 9.17) is 0 Å². The molecule has 0 rings (SSSR count). The summed E-state index contributed by atoms with van der Waals surface area (Å²) in [6.07, 6.45) is 0. The molecule has 0 heterocycles. The molecule has 0 aromatic rings. The number of hydrogen-bond donors (Lipinski definition) is 0. The monoisotopic (exact) mass is 220 g/mol. The molecule has 0 saturated heterocycles. The summed E-state index contributed by atoms with van der Waals surface area (Å²) in [4.78, 5) is 0. The zero-order valence-corrected chi connectivity index (χ0v) is 13.9. The second kappa shape index (κ2) is 3.72. The van der Waals surface area contributed by atoms with Gasteiger partial charge in [0.2, 0.25) is 0 Å². The first-order valence-corrected chi connectivity index (χ1v) is 20.2. The van der Waals surface area contributed by atoms with Crippen LogP contribution in [-0.4, -0.2) is 31.6 Å². The summed E-state index contributed by atoms with van der Waals surface area (Å²) in [6, 6.07) is 0. The van der Waals surface area contributed by atoms with Crippen molar-refractivity contribution in [3.05, 3.63) is 0 Å². The van der Waals surface area contributed by atoms with Crippen LogP contribution >= 0.6 is 0 Å². The van der Waals surface area contributed by atoms with Crippen LogP contribution in [0, 0.1) is 0 Å². The maximum Gasteiger partial charge on any atom is 0.0312 e. The van der Waals surface area contributed by atoms with E-state index in [0.29, 0.717) is 8.55 Å². The van der Waals surface area contributed by atoms with Crippen LogP contribution in [0.1, 0.15) is 0 Å². The van der Waals surface area contributed by atoms with Crippen molar-refractivity contribution in [1.82, 2.24) is 0 Å². The Morgan fingerprint density at radius 2 is 1.27 bits per heavy atom. The molecule has 11 heavy (non-hydrogen) atoms. The van der Waals surface area contributed by atoms with E-state index in [1.54, 1.807) is 0 Å². The third kappa shape index (κ3) is 6.07. The van der Waals surface area contributed by atoms with Gasteiger partial charge in [-0.2, -0.15) is 0 Å². The minimum atomic E-state index is -0.635. The van der Waals surface area contributed by atoms with Crippen molar-refractivity contribution in [3.63, 3.8) is 0 Å². The predicted molar refractivity (Wildman–Crippen MR) is 68.2 cm³/mol. The van der Waals surface area contributed by atoms with Gasteiger partial charge in [0.15, 0.2) is 0 Å². The van der Waals surface area contributed by atoms with Gasteiger partial charge in [0.05, 0.1) is 0 Å². The molecule has 0 amide bonds. The van der Waals surface area contributed by atoms with Gasteiger partial charge < -0.3 is 0 Å². The molecule has 0 radical (unpaired) electrons. The molecule has 0 saturated carbocycles. The maximum absolute atomic E-state index is 2.65. The van der Waals surface area contributed by atoms with Gasteiger partial charge in [0.1, 0.15) is 0 Å². The summed E-state index contributed by atoms with van der Waals surface area (Å²) in [7, 11) is -0.996. The molecule has 1 atom stereocenters. The van der Waals surface area contributed by atoms with E-state index in [1.807, 2.05) is 0 Å². The second-order valence-electron chi connectivity index (χ2n) is 6.03. The van der Waals surface area contributed by atoms with Gasteiger partial charge in [-0.25, -0.2) is 0 Å². The Kier molecular flexibility index (Phi) is 4.01. The van der Waals surface area contributed by atoms with Crippen LogP contribution < -0.4 is 0 Å². The molecule has 0 aromatic heterocycles. The molecule has 0 fully saturated rings. The van der Waals surface area contributed by atoms with E-state index in [-0.39, 0.29) is 7.83 Å². The van der Waals surface area contributed by atoms with Gasteiger partial charge in [-0.05, 0) is 0 Å². The van der Waals surface area contributed by atoms with Gasteiger partial charge in [-0.1, -0.05) is 45.8 Å². The van der Waals surface area contributed by atoms with Crippen LogP contribution in [0.2, 0.25) is 45.8 Å². The Bertz CT molecular complexity index is 119. The largest absolute Gasteiger partial charge is 0.0763 e. The molecular weight excluding hydrogens is 196 g/mol. The third-order valence-corrected chi connectivity index (χ3v) is 54.6. The molecule has 4 heteroatoms. The normalized spacial score (nSPS) is 17.7. The van der Waals surface area contributed by atoms with Crippen LogP contribution in [0.3, 0.4) is 0 Å². The summed E-state index contributed by atoms with van der Waals surface area (Å²) in [5.41, 5.74) is 0. The van der Waals surface area contributed by atoms with E-state index >= 15 is 0 Å². The minimum absolute atomic E-state index is 0.176. The van der Waals surface area contributed by atoms with Crippen molar-refractivity contribution in [3.8, 4) is 0 Å². The van der Waals surface area contributed by atoms with Gasteiger partial charge in [0.25, 0.3) is 0 Å². The Labute approximate surface area is 77.6 Å². The summed E-state index contributed by atoms with van der Waals surface area (Å²) in [6.45, 7) is 18.1. The van der Waals surface area contributed by atoms with Crippen molar-refractivity contribution >= 4 is 31.6 Å². The molecule has 0 bridgehead atoms. The summed E-state index contributed by atoms with van der Waals surface area (Å²) in [5, 5.41) is 0. The fraction of sp³-hybridized carbons (Fsp3) is 1.00. The molecule has 68 valence electrons. The molecule has 0 nitrogen and oxygen atoms in total. The van der Waals surface area contributed by atoms with Crippen LogP contribution in [0.4, 0.5) is 0 Å². The van der Waals surface area contributed by atoms with Gasteiger partial charge in [0, 0.05) is 31.6 Å². The van der Waals surface area contributed by atoms with E-state index in [1.165, 1.54) is 0 Å². The topological polar surface area (TPSA) is 0 Å². The fourth-order valence-electron chi connectivity index (χ4n) is 1.22. The van der Waals surface area contributed by atoms with Crippen molar-refractivity contribution in [2.45, 2.75) is 45.8 Å². The Balaban J connectivity index is 3.99. The lowest BCUT2D eigenvalue weighted by Crippen LogP contribution is -2.53. The quantitative estimate of drug-likeness (QED) is 0.636. The van der Waals surface area contributed by atoms with Gasteiger partial charge >= 0.3 is 0 Å². The van der Waals surface area contributed by atoms with Crippen LogP contribution in [0.25, 0.3) is 0 Å². The first kappa shape index (κ1) is 11.9. The Hall–Kier alpha value is 0.868. The summed E-state index contributed by atoms with van der Waals surface area (Å²) in [5.74, 6) is 0. The van der Waals surface area contributed by atoms with E-state index in [0.717, 1.165) is 0 Å². The average molecular weight is 221 g/mol. The second-order valence-corrected chi connectivity index (χ2v) is 43.6. The van der Waals surface area contributed by atoms with E-state index in [2.05, 4.69) is 45.8 Å². The van der Waals surface area contributed by atoms with Crippen molar-refractivity contribution in [2.75, 3.05) is 0 Å². The van der Waals surface area contributed by atoms with Crippen molar-refractivity contribution in [2.24, 2.45) is 0 Å². The minimum Gasteiger partial charge on any atom is -0.0763 e. The van der Waals surface area contributed by atoms with Crippen molar-refractivity contribution < 1.29 is 0 Å². The first-order chi connectivity index (χ1) is 4.63. The van der Waals surface area contributed by atoms with E-state index in [9.17, 15) is 0 Å². The lowest BCUT2D eigenvalue weighted by atomic mass is 11.8.